The maximum absolute atomic E-state index is 13.0. The summed E-state index contributed by atoms with van der Waals surface area (Å²) in [5.74, 6) is 1.25. The monoisotopic (exact) mass is 618 g/mol. The second-order valence-electron chi connectivity index (χ2n) is 10.9. The summed E-state index contributed by atoms with van der Waals surface area (Å²) in [5, 5.41) is 24.5. The zero-order valence-corrected chi connectivity index (χ0v) is 25.6. The average Bonchev–Trinajstić information content (AvgIpc) is 3.39. The molecule has 3 aromatic carbocycles. The molecule has 0 spiro atoms. The Morgan fingerprint density at radius 3 is 1.96 bits per heavy atom. The standard InChI is InChI=1S/C34H38N2O9/c1-21-20-36(33(40)35-31(21)39)32-29(44-19-18-41-2)27(37)28(45-32)30(38)34(22-8-6-5-7-9-22,23-10-14-25(42-3)15-11-23)24-12-16-26(43-4)17-13-24/h5-17,20,27-30,32,37-38H,18-19H2,1-4H3,(H,35,39,40)/t27-,28+,29-,30?,32-/m1/s1. The van der Waals surface area contributed by atoms with Gasteiger partial charge in [-0.25, -0.2) is 4.79 Å². The van der Waals surface area contributed by atoms with Crippen molar-refractivity contribution in [2.24, 2.45) is 0 Å². The maximum Gasteiger partial charge on any atom is 0.330 e. The summed E-state index contributed by atoms with van der Waals surface area (Å²) >= 11 is 0. The number of hydrogen-bond donors (Lipinski definition) is 3. The van der Waals surface area contributed by atoms with Crippen LogP contribution in [0.2, 0.25) is 0 Å². The van der Waals surface area contributed by atoms with E-state index in [1.54, 1.807) is 45.4 Å². The number of aromatic amines is 1. The van der Waals surface area contributed by atoms with Crippen LogP contribution in [0.25, 0.3) is 0 Å². The van der Waals surface area contributed by atoms with Gasteiger partial charge in [0.15, 0.2) is 6.23 Å². The summed E-state index contributed by atoms with van der Waals surface area (Å²) < 4.78 is 29.6. The van der Waals surface area contributed by atoms with Crippen LogP contribution >= 0.6 is 0 Å². The highest BCUT2D eigenvalue weighted by atomic mass is 16.6. The third-order valence-corrected chi connectivity index (χ3v) is 8.34. The van der Waals surface area contributed by atoms with Gasteiger partial charge in [0.2, 0.25) is 0 Å². The Labute approximate surface area is 260 Å². The minimum Gasteiger partial charge on any atom is -0.497 e. The van der Waals surface area contributed by atoms with Crippen molar-refractivity contribution in [2.75, 3.05) is 34.5 Å². The van der Waals surface area contributed by atoms with Crippen LogP contribution in [0.4, 0.5) is 0 Å². The number of aliphatic hydroxyl groups is 2. The van der Waals surface area contributed by atoms with Gasteiger partial charge in [0.05, 0.1) is 32.8 Å². The first-order chi connectivity index (χ1) is 21.8. The predicted octanol–water partition coefficient (Wildman–Crippen LogP) is 2.55. The Kier molecular flexibility index (Phi) is 9.86. The summed E-state index contributed by atoms with van der Waals surface area (Å²) in [7, 11) is 4.67. The van der Waals surface area contributed by atoms with E-state index >= 15 is 0 Å². The fraction of sp³-hybridized carbons (Fsp3) is 0.353. The van der Waals surface area contributed by atoms with E-state index in [-0.39, 0.29) is 18.8 Å². The van der Waals surface area contributed by atoms with Gasteiger partial charge >= 0.3 is 5.69 Å². The van der Waals surface area contributed by atoms with E-state index in [9.17, 15) is 19.8 Å². The van der Waals surface area contributed by atoms with Crippen molar-refractivity contribution < 1.29 is 33.9 Å². The molecule has 4 aromatic rings. The SMILES string of the molecule is COCCO[C@@H]1[C@H](O)[C@@H](C(O)C(c2ccccc2)(c2ccc(OC)cc2)c2ccc(OC)cc2)O[C@H]1n1cc(C)c(=O)[nH]c1=O. The molecule has 0 bridgehead atoms. The summed E-state index contributed by atoms with van der Waals surface area (Å²) in [6.45, 7) is 1.86. The van der Waals surface area contributed by atoms with Crippen LogP contribution < -0.4 is 20.7 Å². The number of rotatable bonds is 12. The van der Waals surface area contributed by atoms with E-state index in [1.807, 2.05) is 54.6 Å². The molecule has 1 saturated heterocycles. The Balaban J connectivity index is 1.71. The van der Waals surface area contributed by atoms with Crippen LogP contribution in [0.1, 0.15) is 28.5 Å². The van der Waals surface area contributed by atoms with E-state index in [1.165, 1.54) is 17.9 Å². The van der Waals surface area contributed by atoms with Crippen molar-refractivity contribution in [1.29, 1.82) is 0 Å². The van der Waals surface area contributed by atoms with Gasteiger partial charge in [-0.15, -0.1) is 0 Å². The molecule has 238 valence electrons. The molecule has 11 heteroatoms. The van der Waals surface area contributed by atoms with Crippen molar-refractivity contribution in [3.8, 4) is 11.5 Å². The smallest absolute Gasteiger partial charge is 0.330 e. The molecule has 3 N–H and O–H groups in total. The molecular weight excluding hydrogens is 580 g/mol. The number of nitrogens with zero attached hydrogens (tertiary/aromatic N) is 1. The van der Waals surface area contributed by atoms with Crippen LogP contribution in [0, 0.1) is 6.92 Å². The fourth-order valence-corrected chi connectivity index (χ4v) is 6.05. The highest BCUT2D eigenvalue weighted by molar-refractivity contribution is 5.54. The van der Waals surface area contributed by atoms with Crippen molar-refractivity contribution in [1.82, 2.24) is 9.55 Å². The summed E-state index contributed by atoms with van der Waals surface area (Å²) in [6.07, 6.45) is -5.03. The van der Waals surface area contributed by atoms with Crippen LogP contribution in [0.5, 0.6) is 11.5 Å². The highest BCUT2D eigenvalue weighted by Crippen LogP contribution is 2.47. The molecule has 1 aliphatic heterocycles. The number of aromatic nitrogens is 2. The lowest BCUT2D eigenvalue weighted by Crippen LogP contribution is -2.52. The highest BCUT2D eigenvalue weighted by Gasteiger charge is 2.56. The van der Waals surface area contributed by atoms with Gasteiger partial charge < -0.3 is 33.9 Å². The molecular formula is C34H38N2O9. The normalized spacial score (nSPS) is 20.6. The number of benzene rings is 3. The van der Waals surface area contributed by atoms with Crippen LogP contribution in [-0.2, 0) is 19.6 Å². The predicted molar refractivity (Wildman–Crippen MR) is 166 cm³/mol. The van der Waals surface area contributed by atoms with Crippen molar-refractivity contribution in [3.63, 3.8) is 0 Å². The summed E-state index contributed by atoms with van der Waals surface area (Å²) in [6, 6.07) is 24.1. The Morgan fingerprint density at radius 1 is 0.867 bits per heavy atom. The Hall–Kier alpha value is -4.26. The zero-order valence-electron chi connectivity index (χ0n) is 25.6. The molecule has 0 aliphatic carbocycles. The number of aryl methyl sites for hydroxylation is 1. The van der Waals surface area contributed by atoms with Gasteiger partial charge in [-0.2, -0.15) is 0 Å². The van der Waals surface area contributed by atoms with Gasteiger partial charge in [0, 0.05) is 18.9 Å². The quantitative estimate of drug-likeness (QED) is 0.161. The molecule has 5 rings (SSSR count). The number of aliphatic hydroxyl groups excluding tert-OH is 2. The maximum atomic E-state index is 13.0. The molecule has 45 heavy (non-hydrogen) atoms. The van der Waals surface area contributed by atoms with E-state index in [0.29, 0.717) is 22.6 Å². The molecule has 0 amide bonds. The molecule has 0 radical (unpaired) electrons. The average molecular weight is 619 g/mol. The van der Waals surface area contributed by atoms with Crippen LogP contribution in [0.15, 0.2) is 94.6 Å². The summed E-state index contributed by atoms with van der Waals surface area (Å²) in [4.78, 5) is 27.4. The van der Waals surface area contributed by atoms with Crippen molar-refractivity contribution in [2.45, 2.75) is 43.0 Å². The van der Waals surface area contributed by atoms with E-state index in [0.717, 1.165) is 5.56 Å². The first-order valence-corrected chi connectivity index (χ1v) is 14.5. The van der Waals surface area contributed by atoms with Gasteiger partial charge in [0.1, 0.15) is 35.9 Å². The molecule has 2 heterocycles. The molecule has 1 unspecified atom stereocenters. The Bertz CT molecular complexity index is 1620. The molecule has 1 fully saturated rings. The number of hydrogen-bond acceptors (Lipinski definition) is 9. The number of ether oxygens (including phenoxy) is 5. The molecule has 0 saturated carbocycles. The topological polar surface area (TPSA) is 141 Å². The third-order valence-electron chi connectivity index (χ3n) is 8.34. The van der Waals surface area contributed by atoms with Gasteiger partial charge in [-0.05, 0) is 47.9 Å². The first-order valence-electron chi connectivity index (χ1n) is 14.5. The fourth-order valence-electron chi connectivity index (χ4n) is 6.05. The largest absolute Gasteiger partial charge is 0.497 e. The number of H-pyrrole nitrogens is 1. The van der Waals surface area contributed by atoms with Gasteiger partial charge in [-0.3, -0.25) is 14.3 Å². The lowest BCUT2D eigenvalue weighted by Gasteiger charge is -2.43. The van der Waals surface area contributed by atoms with Crippen molar-refractivity contribution in [3.05, 3.63) is 128 Å². The molecule has 11 nitrogen and oxygen atoms in total. The molecule has 1 aliphatic rings. The Morgan fingerprint density at radius 2 is 1.42 bits per heavy atom. The van der Waals surface area contributed by atoms with E-state index in [2.05, 4.69) is 4.98 Å². The lowest BCUT2D eigenvalue weighted by molar-refractivity contribution is -0.103. The minimum absolute atomic E-state index is 0.0821. The molecule has 5 atom stereocenters. The van der Waals surface area contributed by atoms with Gasteiger partial charge in [0.25, 0.3) is 5.56 Å². The second kappa shape index (κ2) is 13.8. The van der Waals surface area contributed by atoms with Crippen LogP contribution in [0.3, 0.4) is 0 Å². The number of nitrogens with one attached hydrogen (secondary N) is 1. The third kappa shape index (κ3) is 6.05. The van der Waals surface area contributed by atoms with E-state index < -0.39 is 47.3 Å². The van der Waals surface area contributed by atoms with Crippen molar-refractivity contribution >= 4 is 0 Å². The van der Waals surface area contributed by atoms with E-state index in [4.69, 9.17) is 23.7 Å². The first kappa shape index (κ1) is 32.1. The summed E-state index contributed by atoms with van der Waals surface area (Å²) in [5.41, 5.74) is -0.198. The zero-order chi connectivity index (χ0) is 32.1. The lowest BCUT2D eigenvalue weighted by atomic mass is 9.64. The minimum atomic E-state index is -1.44. The second-order valence-corrected chi connectivity index (χ2v) is 10.9. The van der Waals surface area contributed by atoms with Crippen LogP contribution in [-0.4, -0.2) is 78.7 Å². The number of methoxy groups -OCH3 is 3. The molecule has 1 aromatic heterocycles. The van der Waals surface area contributed by atoms with Gasteiger partial charge in [-0.1, -0.05) is 54.6 Å².